The zero-order valence-corrected chi connectivity index (χ0v) is 25.2. The predicted octanol–water partition coefficient (Wildman–Crippen LogP) is 6.40. The van der Waals surface area contributed by atoms with Crippen molar-refractivity contribution in [1.29, 1.82) is 0 Å². The number of aromatic nitrogens is 1. The minimum Gasteiger partial charge on any atom is -0.355 e. The number of nitrogens with one attached hydrogen (secondary N) is 2. The van der Waals surface area contributed by atoms with E-state index in [9.17, 15) is 9.59 Å². The number of carbonyl (C=O) groups is 2. The Labute approximate surface area is 255 Å². The van der Waals surface area contributed by atoms with E-state index in [-0.39, 0.29) is 17.7 Å². The summed E-state index contributed by atoms with van der Waals surface area (Å²) in [5, 5.41) is 6.23. The number of hydrogen-bond acceptors (Lipinski definition) is 4. The van der Waals surface area contributed by atoms with Gasteiger partial charge in [0.2, 0.25) is 11.8 Å². The summed E-state index contributed by atoms with van der Waals surface area (Å²) >= 11 is 0. The number of carbonyl (C=O) groups excluding carboxylic acids is 2. The Morgan fingerprint density at radius 2 is 1.33 bits per heavy atom. The van der Waals surface area contributed by atoms with Crippen molar-refractivity contribution in [2.75, 3.05) is 31.5 Å². The van der Waals surface area contributed by atoms with Gasteiger partial charge in [-0.05, 0) is 67.7 Å². The normalized spacial score (nSPS) is 14.4. The van der Waals surface area contributed by atoms with Gasteiger partial charge in [-0.2, -0.15) is 0 Å². The van der Waals surface area contributed by atoms with Crippen LogP contribution in [0.2, 0.25) is 0 Å². The summed E-state index contributed by atoms with van der Waals surface area (Å²) in [6.45, 7) is 7.28. The molecule has 5 rings (SSSR count). The Kier molecular flexibility index (Phi) is 10.0. The Bertz CT molecular complexity index is 1370. The molecular weight excluding hydrogens is 532 g/mol. The first-order chi connectivity index (χ1) is 21.0. The highest BCUT2D eigenvalue weighted by Gasteiger charge is 2.43. The van der Waals surface area contributed by atoms with E-state index in [1.54, 1.807) is 0 Å². The molecule has 1 aliphatic rings. The highest BCUT2D eigenvalue weighted by Crippen LogP contribution is 2.39. The number of anilines is 1. The molecule has 4 aromatic rings. The smallest absolute Gasteiger partial charge is 0.239 e. The number of hydrogen-bond donors (Lipinski definition) is 2. The average molecular weight is 575 g/mol. The van der Waals surface area contributed by atoms with Gasteiger partial charge in [0.05, 0.1) is 0 Å². The summed E-state index contributed by atoms with van der Waals surface area (Å²) in [5.74, 6) is 0.914. The van der Waals surface area contributed by atoms with Crippen LogP contribution in [0.25, 0.3) is 0 Å². The van der Waals surface area contributed by atoms with Gasteiger partial charge in [-0.15, -0.1) is 0 Å². The maximum Gasteiger partial charge on any atom is 0.239 e. The first-order valence-electron chi connectivity index (χ1n) is 15.4. The zero-order chi connectivity index (χ0) is 30.1. The van der Waals surface area contributed by atoms with Crippen LogP contribution in [0.15, 0.2) is 109 Å². The molecule has 6 nitrogen and oxygen atoms in total. The molecule has 0 bridgehead atoms. The van der Waals surface area contributed by atoms with E-state index in [1.165, 1.54) is 0 Å². The van der Waals surface area contributed by atoms with E-state index >= 15 is 0 Å². The summed E-state index contributed by atoms with van der Waals surface area (Å²) < 4.78 is 0. The molecule has 0 atom stereocenters. The van der Waals surface area contributed by atoms with Crippen LogP contribution in [-0.2, 0) is 15.0 Å². The maximum absolute atomic E-state index is 14.3. The molecule has 222 valence electrons. The second kappa shape index (κ2) is 14.3. The molecule has 2 heterocycles. The lowest BCUT2D eigenvalue weighted by atomic mass is 9.68. The Balaban J connectivity index is 1.20. The summed E-state index contributed by atoms with van der Waals surface area (Å²) in [6, 6.07) is 36.2. The van der Waals surface area contributed by atoms with Crippen LogP contribution < -0.4 is 10.6 Å². The number of rotatable bonds is 11. The van der Waals surface area contributed by atoms with Crippen molar-refractivity contribution in [3.8, 4) is 0 Å². The minimum absolute atomic E-state index is 0.00896. The van der Waals surface area contributed by atoms with Gasteiger partial charge < -0.3 is 15.5 Å². The minimum atomic E-state index is -0.946. The van der Waals surface area contributed by atoms with Crippen molar-refractivity contribution < 1.29 is 9.59 Å². The highest BCUT2D eigenvalue weighted by molar-refractivity contribution is 5.96. The average Bonchev–Trinajstić information content (AvgIpc) is 3.05. The van der Waals surface area contributed by atoms with Crippen LogP contribution in [0.1, 0.15) is 61.4 Å². The van der Waals surface area contributed by atoms with E-state index in [4.69, 9.17) is 4.98 Å². The van der Waals surface area contributed by atoms with Gasteiger partial charge >= 0.3 is 0 Å². The number of likely N-dealkylation sites (tertiary alicyclic amines) is 1. The standard InChI is InChI=1S/C37H42N4O2/c1-28(2)35(42)40-34-21-12-20-33(39-34)29-22-26-41(27-23-29)25-13-24-38-36(43)37(30-14-6-3-7-15-30,31-16-8-4-9-17-31)32-18-10-5-11-19-32/h3-12,14-21,28-29H,13,22-27H2,1-2H3,(H,38,43)(H,39,40,42). The van der Waals surface area contributed by atoms with Crippen molar-refractivity contribution >= 4 is 17.6 Å². The fourth-order valence-corrected chi connectivity index (χ4v) is 6.07. The molecular formula is C37H42N4O2. The van der Waals surface area contributed by atoms with Crippen LogP contribution in [-0.4, -0.2) is 47.9 Å². The maximum atomic E-state index is 14.3. The number of nitrogens with zero attached hydrogens (tertiary/aromatic N) is 2. The molecule has 43 heavy (non-hydrogen) atoms. The van der Waals surface area contributed by atoms with Gasteiger partial charge in [-0.1, -0.05) is 111 Å². The third-order valence-corrected chi connectivity index (χ3v) is 8.45. The molecule has 2 amide bonds. The molecule has 2 N–H and O–H groups in total. The quantitative estimate of drug-likeness (QED) is 0.161. The summed E-state index contributed by atoms with van der Waals surface area (Å²) in [5.41, 5.74) is 2.96. The van der Waals surface area contributed by atoms with E-state index in [1.807, 2.05) is 117 Å². The predicted molar refractivity (Wildman–Crippen MR) is 173 cm³/mol. The van der Waals surface area contributed by atoms with Crippen LogP contribution in [0.4, 0.5) is 5.82 Å². The molecule has 6 heteroatoms. The van der Waals surface area contributed by atoms with E-state index in [2.05, 4.69) is 21.6 Å². The number of pyridine rings is 1. The molecule has 0 unspecified atom stereocenters. The van der Waals surface area contributed by atoms with Crippen molar-refractivity contribution in [3.63, 3.8) is 0 Å². The summed E-state index contributed by atoms with van der Waals surface area (Å²) in [7, 11) is 0. The molecule has 0 aliphatic carbocycles. The third-order valence-electron chi connectivity index (χ3n) is 8.45. The lowest BCUT2D eigenvalue weighted by Gasteiger charge is -2.35. The Morgan fingerprint density at radius 1 is 0.791 bits per heavy atom. The number of benzene rings is 3. The van der Waals surface area contributed by atoms with E-state index in [0.717, 1.165) is 61.3 Å². The van der Waals surface area contributed by atoms with Gasteiger partial charge in [0.1, 0.15) is 11.2 Å². The largest absolute Gasteiger partial charge is 0.355 e. The van der Waals surface area contributed by atoms with Crippen molar-refractivity contribution in [2.24, 2.45) is 5.92 Å². The Hall–Kier alpha value is -4.29. The molecule has 0 spiro atoms. The van der Waals surface area contributed by atoms with Crippen LogP contribution >= 0.6 is 0 Å². The van der Waals surface area contributed by atoms with Gasteiger partial charge in [-0.25, -0.2) is 4.98 Å². The summed E-state index contributed by atoms with van der Waals surface area (Å²) in [4.78, 5) is 33.6. The van der Waals surface area contributed by atoms with Crippen LogP contribution in [0.3, 0.4) is 0 Å². The number of amides is 2. The molecule has 1 saturated heterocycles. The monoisotopic (exact) mass is 574 g/mol. The first kappa shape index (κ1) is 30.2. The number of piperidine rings is 1. The SMILES string of the molecule is CC(C)C(=O)Nc1cccc(C2CCN(CCCNC(=O)C(c3ccccc3)(c3ccccc3)c3ccccc3)CC2)n1. The first-order valence-corrected chi connectivity index (χ1v) is 15.4. The van der Waals surface area contributed by atoms with Gasteiger partial charge in [-0.3, -0.25) is 9.59 Å². The fourth-order valence-electron chi connectivity index (χ4n) is 6.07. The Morgan fingerprint density at radius 3 is 1.84 bits per heavy atom. The van der Waals surface area contributed by atoms with Gasteiger partial charge in [0, 0.05) is 24.1 Å². The van der Waals surface area contributed by atoms with Gasteiger partial charge in [0.25, 0.3) is 0 Å². The lowest BCUT2D eigenvalue weighted by molar-refractivity contribution is -0.124. The van der Waals surface area contributed by atoms with E-state index in [0.29, 0.717) is 18.3 Å². The molecule has 0 saturated carbocycles. The molecule has 1 fully saturated rings. The topological polar surface area (TPSA) is 74.3 Å². The molecule has 1 aromatic heterocycles. The van der Waals surface area contributed by atoms with E-state index < -0.39 is 5.41 Å². The van der Waals surface area contributed by atoms with Crippen LogP contribution in [0, 0.1) is 5.92 Å². The molecule has 3 aromatic carbocycles. The second-order valence-corrected chi connectivity index (χ2v) is 11.7. The lowest BCUT2D eigenvalue weighted by Crippen LogP contribution is -2.47. The molecule has 1 aliphatic heterocycles. The van der Waals surface area contributed by atoms with Crippen molar-refractivity contribution in [2.45, 2.75) is 44.4 Å². The molecule has 0 radical (unpaired) electrons. The fraction of sp³-hybridized carbons (Fsp3) is 0.324. The zero-order valence-electron chi connectivity index (χ0n) is 25.2. The summed E-state index contributed by atoms with van der Waals surface area (Å²) in [6.07, 6.45) is 2.93. The second-order valence-electron chi connectivity index (χ2n) is 11.7. The third kappa shape index (κ3) is 7.03. The van der Waals surface area contributed by atoms with Gasteiger partial charge in [0.15, 0.2) is 0 Å². The van der Waals surface area contributed by atoms with Crippen molar-refractivity contribution in [1.82, 2.24) is 15.2 Å². The van der Waals surface area contributed by atoms with Crippen molar-refractivity contribution in [3.05, 3.63) is 132 Å². The van der Waals surface area contributed by atoms with Crippen LogP contribution in [0.5, 0.6) is 0 Å². The highest BCUT2D eigenvalue weighted by atomic mass is 16.2.